The normalized spacial score (nSPS) is 13.8. The van der Waals surface area contributed by atoms with Crippen LogP contribution in [0.3, 0.4) is 0 Å². The van der Waals surface area contributed by atoms with Gasteiger partial charge in [-0.25, -0.2) is 9.97 Å². The molecule has 1 aliphatic rings. The van der Waals surface area contributed by atoms with Crippen LogP contribution in [0, 0.1) is 0 Å². The molecule has 3 rings (SSSR count). The van der Waals surface area contributed by atoms with Crippen molar-refractivity contribution in [3.8, 4) is 11.4 Å². The lowest BCUT2D eigenvalue weighted by molar-refractivity contribution is 0.122. The Morgan fingerprint density at radius 3 is 2.40 bits per heavy atom. The number of nitrogens with zero attached hydrogens (tertiary/aromatic N) is 3. The summed E-state index contributed by atoms with van der Waals surface area (Å²) in [5.74, 6) is 2.68. The summed E-state index contributed by atoms with van der Waals surface area (Å²) in [4.78, 5) is 11.8. The van der Waals surface area contributed by atoms with E-state index < -0.39 is 0 Å². The lowest BCUT2D eigenvalue weighted by Crippen LogP contribution is -2.37. The molecule has 0 radical (unpaired) electrons. The molecule has 1 aliphatic heterocycles. The molecule has 1 N–H and O–H groups in total. The van der Waals surface area contributed by atoms with Crippen LogP contribution in [0.25, 0.3) is 11.4 Å². The summed E-state index contributed by atoms with van der Waals surface area (Å²) >= 11 is 1.78. The molecule has 5 nitrogen and oxygen atoms in total. The summed E-state index contributed by atoms with van der Waals surface area (Å²) in [5.41, 5.74) is 3.20. The second kappa shape index (κ2) is 10.3. The molecule has 0 spiro atoms. The maximum absolute atomic E-state index is 5.44. The number of hydrogen-bond acceptors (Lipinski definition) is 6. The van der Waals surface area contributed by atoms with Gasteiger partial charge in [0.05, 0.1) is 18.9 Å². The first kappa shape index (κ1) is 19.5. The first-order chi connectivity index (χ1) is 12.3. The monoisotopic (exact) mass is 360 g/mol. The Bertz CT molecular complexity index is 642. The fraction of sp³-hybridized carbons (Fsp3) is 0.474. The van der Waals surface area contributed by atoms with Crippen LogP contribution in [0.2, 0.25) is 0 Å². The van der Waals surface area contributed by atoms with Crippen LogP contribution in [-0.2, 0) is 10.5 Å². The van der Waals surface area contributed by atoms with Crippen LogP contribution < -0.4 is 10.2 Å². The molecule has 6 heteroatoms. The molecule has 0 amide bonds. The number of benzene rings is 1. The van der Waals surface area contributed by atoms with E-state index in [0.717, 1.165) is 60.6 Å². The van der Waals surface area contributed by atoms with Crippen LogP contribution in [0.1, 0.15) is 19.5 Å². The average Bonchev–Trinajstić information content (AvgIpc) is 2.70. The highest BCUT2D eigenvalue weighted by Gasteiger charge is 2.15. The lowest BCUT2D eigenvalue weighted by atomic mass is 10.2. The van der Waals surface area contributed by atoms with Crippen molar-refractivity contribution in [2.45, 2.75) is 19.6 Å². The van der Waals surface area contributed by atoms with E-state index in [9.17, 15) is 0 Å². The van der Waals surface area contributed by atoms with Gasteiger partial charge in [-0.2, -0.15) is 11.8 Å². The van der Waals surface area contributed by atoms with Gasteiger partial charge in [0.25, 0.3) is 0 Å². The molecule has 136 valence electrons. The maximum atomic E-state index is 5.44. The second-order valence-electron chi connectivity index (χ2n) is 5.40. The Labute approximate surface area is 155 Å². The zero-order valence-corrected chi connectivity index (χ0v) is 16.4. The summed E-state index contributed by atoms with van der Waals surface area (Å²) in [6.45, 7) is 7.28. The van der Waals surface area contributed by atoms with E-state index in [4.69, 9.17) is 14.7 Å². The molecule has 2 aromatic rings. The highest BCUT2D eigenvalue weighted by Crippen LogP contribution is 2.23. The highest BCUT2D eigenvalue weighted by molar-refractivity contribution is 7.97. The number of morpholine rings is 1. The second-order valence-corrected chi connectivity index (χ2v) is 6.27. The zero-order valence-electron chi connectivity index (χ0n) is 15.6. The summed E-state index contributed by atoms with van der Waals surface area (Å²) in [6, 6.07) is 10.3. The molecule has 1 fully saturated rings. The van der Waals surface area contributed by atoms with Crippen LogP contribution in [0.15, 0.2) is 30.3 Å². The Kier molecular flexibility index (Phi) is 8.01. The minimum absolute atomic E-state index is 0.758. The largest absolute Gasteiger partial charge is 0.388 e. The molecule has 1 saturated heterocycles. The molecule has 0 aliphatic carbocycles. The number of aromatic nitrogens is 2. The third kappa shape index (κ3) is 5.34. The number of ether oxygens (including phenoxy) is 1. The van der Waals surface area contributed by atoms with Crippen molar-refractivity contribution in [1.82, 2.24) is 9.97 Å². The maximum Gasteiger partial charge on any atom is 0.161 e. The van der Waals surface area contributed by atoms with Gasteiger partial charge >= 0.3 is 0 Å². The highest BCUT2D eigenvalue weighted by atomic mass is 32.2. The van der Waals surface area contributed by atoms with Crippen LogP contribution in [-0.4, -0.2) is 49.6 Å². The SMILES string of the molecule is CC.CNc1ccc(-c2nc(CSC)cc(N3CCOCC3)n2)cc1. The van der Waals surface area contributed by atoms with Gasteiger partial charge in [-0.15, -0.1) is 0 Å². The van der Waals surface area contributed by atoms with Gasteiger partial charge in [0.2, 0.25) is 0 Å². The van der Waals surface area contributed by atoms with Crippen molar-refractivity contribution in [2.24, 2.45) is 0 Å². The topological polar surface area (TPSA) is 50.3 Å². The van der Waals surface area contributed by atoms with Crippen LogP contribution in [0.4, 0.5) is 11.5 Å². The molecule has 1 aromatic heterocycles. The smallest absolute Gasteiger partial charge is 0.161 e. The van der Waals surface area contributed by atoms with E-state index in [1.807, 2.05) is 33.0 Å². The number of hydrogen-bond donors (Lipinski definition) is 1. The Morgan fingerprint density at radius 1 is 1.12 bits per heavy atom. The molecule has 0 atom stereocenters. The van der Waals surface area contributed by atoms with E-state index in [-0.39, 0.29) is 0 Å². The van der Waals surface area contributed by atoms with Gasteiger partial charge in [-0.05, 0) is 30.5 Å². The molecule has 0 bridgehead atoms. The lowest BCUT2D eigenvalue weighted by Gasteiger charge is -2.28. The summed E-state index contributed by atoms with van der Waals surface area (Å²) < 4.78 is 5.44. The predicted octanol–water partition coefficient (Wildman–Crippen LogP) is 3.91. The van der Waals surface area contributed by atoms with E-state index >= 15 is 0 Å². The minimum Gasteiger partial charge on any atom is -0.388 e. The van der Waals surface area contributed by atoms with E-state index in [2.05, 4.69) is 34.7 Å². The molecule has 25 heavy (non-hydrogen) atoms. The van der Waals surface area contributed by atoms with Crippen LogP contribution in [0.5, 0.6) is 0 Å². The number of nitrogens with one attached hydrogen (secondary N) is 1. The van der Waals surface area contributed by atoms with Crippen molar-refractivity contribution in [1.29, 1.82) is 0 Å². The van der Waals surface area contributed by atoms with E-state index in [0.29, 0.717) is 0 Å². The quantitative estimate of drug-likeness (QED) is 0.872. The van der Waals surface area contributed by atoms with Gasteiger partial charge in [-0.1, -0.05) is 13.8 Å². The average molecular weight is 361 g/mol. The molecular weight excluding hydrogens is 332 g/mol. The van der Waals surface area contributed by atoms with Crippen molar-refractivity contribution in [3.63, 3.8) is 0 Å². The van der Waals surface area contributed by atoms with Crippen LogP contribution >= 0.6 is 11.8 Å². The van der Waals surface area contributed by atoms with Crippen molar-refractivity contribution in [2.75, 3.05) is 49.8 Å². The third-order valence-electron chi connectivity index (χ3n) is 3.82. The number of rotatable bonds is 5. The molecule has 1 aromatic carbocycles. The Morgan fingerprint density at radius 2 is 1.80 bits per heavy atom. The van der Waals surface area contributed by atoms with Gasteiger partial charge in [0, 0.05) is 43.2 Å². The molecule has 0 saturated carbocycles. The molecule has 0 unspecified atom stereocenters. The van der Waals surface area contributed by atoms with Gasteiger partial charge in [-0.3, -0.25) is 0 Å². The summed E-state index contributed by atoms with van der Waals surface area (Å²) in [5, 5.41) is 3.13. The summed E-state index contributed by atoms with van der Waals surface area (Å²) in [7, 11) is 1.92. The van der Waals surface area contributed by atoms with Crippen molar-refractivity contribution in [3.05, 3.63) is 36.0 Å². The molecular formula is C19H28N4OS. The Balaban J connectivity index is 0.00000109. The van der Waals surface area contributed by atoms with Gasteiger partial charge in [0.15, 0.2) is 5.82 Å². The third-order valence-corrected chi connectivity index (χ3v) is 4.41. The standard InChI is InChI=1S/C17H22N4OS.C2H6/c1-18-14-5-3-13(4-6-14)17-19-15(12-23-2)11-16(20-17)21-7-9-22-10-8-21;1-2/h3-6,11,18H,7-10,12H2,1-2H3;1-2H3. The summed E-state index contributed by atoms with van der Waals surface area (Å²) in [6.07, 6.45) is 2.10. The van der Waals surface area contributed by atoms with Gasteiger partial charge in [0.1, 0.15) is 5.82 Å². The van der Waals surface area contributed by atoms with Crippen molar-refractivity contribution < 1.29 is 4.74 Å². The fourth-order valence-electron chi connectivity index (χ4n) is 2.57. The minimum atomic E-state index is 0.758. The van der Waals surface area contributed by atoms with E-state index in [1.165, 1.54) is 0 Å². The first-order valence-electron chi connectivity index (χ1n) is 8.78. The number of anilines is 2. The molecule has 2 heterocycles. The first-order valence-corrected chi connectivity index (χ1v) is 10.2. The predicted molar refractivity (Wildman–Crippen MR) is 109 cm³/mol. The zero-order chi connectivity index (χ0) is 18.1. The van der Waals surface area contributed by atoms with Gasteiger partial charge < -0.3 is 15.0 Å². The van der Waals surface area contributed by atoms with Crippen molar-refractivity contribution >= 4 is 23.3 Å². The Hall–Kier alpha value is -1.79. The van der Waals surface area contributed by atoms with E-state index in [1.54, 1.807) is 11.8 Å². The fourth-order valence-corrected chi connectivity index (χ4v) is 3.02. The number of thioether (sulfide) groups is 1.